The molecule has 1 aromatic carbocycles. The van der Waals surface area contributed by atoms with Crippen LogP contribution in [-0.4, -0.2) is 19.1 Å². The van der Waals surface area contributed by atoms with Crippen molar-refractivity contribution in [2.24, 2.45) is 0 Å². The normalized spacial score (nSPS) is 12.2. The lowest BCUT2D eigenvalue weighted by atomic mass is 10.1. The second kappa shape index (κ2) is 7.25. The van der Waals surface area contributed by atoms with E-state index in [-0.39, 0.29) is 6.04 Å². The third kappa shape index (κ3) is 3.96. The van der Waals surface area contributed by atoms with Gasteiger partial charge in [-0.25, -0.2) is 4.98 Å². The SMILES string of the molecule is CNCc1cc(Br)cnc1N(C)C(C)c1ccc(Cl)cc1. The Bertz CT molecular complexity index is 601. The zero-order valence-electron chi connectivity index (χ0n) is 12.4. The first-order valence-corrected chi connectivity index (χ1v) is 7.97. The highest BCUT2D eigenvalue weighted by Gasteiger charge is 2.16. The predicted molar refractivity (Wildman–Crippen MR) is 93.0 cm³/mol. The van der Waals surface area contributed by atoms with Gasteiger partial charge in [0.1, 0.15) is 5.82 Å². The Morgan fingerprint density at radius 1 is 1.33 bits per heavy atom. The van der Waals surface area contributed by atoms with Crippen molar-refractivity contribution in [3.63, 3.8) is 0 Å². The van der Waals surface area contributed by atoms with Crippen LogP contribution in [0.1, 0.15) is 24.1 Å². The summed E-state index contributed by atoms with van der Waals surface area (Å²) in [5.41, 5.74) is 2.37. The molecule has 21 heavy (non-hydrogen) atoms. The lowest BCUT2D eigenvalue weighted by Gasteiger charge is -2.28. The largest absolute Gasteiger partial charge is 0.353 e. The number of hydrogen-bond acceptors (Lipinski definition) is 3. The van der Waals surface area contributed by atoms with Gasteiger partial charge < -0.3 is 10.2 Å². The molecule has 0 spiro atoms. The quantitative estimate of drug-likeness (QED) is 0.847. The number of rotatable bonds is 5. The molecule has 1 atom stereocenters. The fourth-order valence-corrected chi connectivity index (χ4v) is 2.77. The number of nitrogens with one attached hydrogen (secondary N) is 1. The van der Waals surface area contributed by atoms with Gasteiger partial charge in [0, 0.05) is 34.8 Å². The summed E-state index contributed by atoms with van der Waals surface area (Å²) in [6.45, 7) is 2.94. The third-order valence-electron chi connectivity index (χ3n) is 3.54. The number of aromatic nitrogens is 1. The molecule has 0 saturated heterocycles. The van der Waals surface area contributed by atoms with Crippen molar-refractivity contribution in [3.8, 4) is 0 Å². The summed E-state index contributed by atoms with van der Waals surface area (Å²) in [6, 6.07) is 10.3. The number of pyridine rings is 1. The maximum absolute atomic E-state index is 5.96. The lowest BCUT2D eigenvalue weighted by molar-refractivity contribution is 0.714. The number of nitrogens with zero attached hydrogens (tertiary/aromatic N) is 2. The molecule has 0 bridgehead atoms. The molecule has 112 valence electrons. The summed E-state index contributed by atoms with van der Waals surface area (Å²) in [6.07, 6.45) is 1.83. The molecule has 0 aliphatic heterocycles. The summed E-state index contributed by atoms with van der Waals surface area (Å²) in [5, 5.41) is 3.94. The molecule has 1 N–H and O–H groups in total. The van der Waals surface area contributed by atoms with Gasteiger partial charge in [0.2, 0.25) is 0 Å². The van der Waals surface area contributed by atoms with E-state index in [1.54, 1.807) is 0 Å². The van der Waals surface area contributed by atoms with Gasteiger partial charge in [0.05, 0.1) is 6.04 Å². The molecule has 0 radical (unpaired) electrons. The van der Waals surface area contributed by atoms with Gasteiger partial charge in [-0.15, -0.1) is 0 Å². The number of hydrogen-bond donors (Lipinski definition) is 1. The molecule has 2 aromatic rings. The fraction of sp³-hybridized carbons (Fsp3) is 0.312. The Morgan fingerprint density at radius 3 is 2.62 bits per heavy atom. The number of halogens is 2. The molecule has 1 unspecified atom stereocenters. The van der Waals surface area contributed by atoms with E-state index in [1.165, 1.54) is 5.56 Å². The maximum Gasteiger partial charge on any atom is 0.133 e. The van der Waals surface area contributed by atoms with Crippen molar-refractivity contribution in [1.82, 2.24) is 10.3 Å². The van der Waals surface area contributed by atoms with Gasteiger partial charge in [-0.05, 0) is 53.7 Å². The van der Waals surface area contributed by atoms with Crippen LogP contribution in [0, 0.1) is 0 Å². The summed E-state index contributed by atoms with van der Waals surface area (Å²) in [7, 11) is 4.00. The van der Waals surface area contributed by atoms with Crippen molar-refractivity contribution in [2.45, 2.75) is 19.5 Å². The monoisotopic (exact) mass is 367 g/mol. The summed E-state index contributed by atoms with van der Waals surface area (Å²) in [4.78, 5) is 6.76. The average molecular weight is 369 g/mol. The highest BCUT2D eigenvalue weighted by Crippen LogP contribution is 2.28. The molecule has 0 fully saturated rings. The molecule has 1 heterocycles. The molecule has 1 aromatic heterocycles. The van der Waals surface area contributed by atoms with Crippen molar-refractivity contribution >= 4 is 33.3 Å². The molecular formula is C16H19BrClN3. The van der Waals surface area contributed by atoms with Crippen molar-refractivity contribution in [3.05, 3.63) is 57.2 Å². The van der Waals surface area contributed by atoms with E-state index in [9.17, 15) is 0 Å². The minimum atomic E-state index is 0.214. The molecule has 0 saturated carbocycles. The highest BCUT2D eigenvalue weighted by atomic mass is 79.9. The molecule has 3 nitrogen and oxygen atoms in total. The van der Waals surface area contributed by atoms with E-state index in [2.05, 4.69) is 63.3 Å². The standard InChI is InChI=1S/C16H19BrClN3/c1-11(12-4-6-15(18)7-5-12)21(3)16-13(9-19-2)8-14(17)10-20-16/h4-8,10-11,19H,9H2,1-3H3. The van der Waals surface area contributed by atoms with Gasteiger partial charge in [-0.2, -0.15) is 0 Å². The zero-order chi connectivity index (χ0) is 15.4. The van der Waals surface area contributed by atoms with Crippen LogP contribution in [0.3, 0.4) is 0 Å². The Kier molecular flexibility index (Phi) is 5.62. The second-order valence-corrected chi connectivity index (χ2v) is 6.36. The summed E-state index contributed by atoms with van der Waals surface area (Å²) in [5.74, 6) is 0.981. The van der Waals surface area contributed by atoms with Crippen LogP contribution in [0.25, 0.3) is 0 Å². The lowest BCUT2D eigenvalue weighted by Crippen LogP contribution is -2.25. The van der Waals surface area contributed by atoms with Crippen LogP contribution >= 0.6 is 27.5 Å². The molecular weight excluding hydrogens is 350 g/mol. The Balaban J connectivity index is 2.30. The number of anilines is 1. The van der Waals surface area contributed by atoms with E-state index in [4.69, 9.17) is 11.6 Å². The highest BCUT2D eigenvalue weighted by molar-refractivity contribution is 9.10. The Labute approximate surface area is 139 Å². The topological polar surface area (TPSA) is 28.2 Å². The molecule has 0 aliphatic rings. The molecule has 0 amide bonds. The Morgan fingerprint density at radius 2 is 2.00 bits per heavy atom. The molecule has 2 rings (SSSR count). The van der Waals surface area contributed by atoms with Crippen LogP contribution in [0.5, 0.6) is 0 Å². The predicted octanol–water partition coefficient (Wildman–Crippen LogP) is 4.41. The summed E-state index contributed by atoms with van der Waals surface area (Å²) < 4.78 is 0.990. The van der Waals surface area contributed by atoms with Gasteiger partial charge in [-0.3, -0.25) is 0 Å². The van der Waals surface area contributed by atoms with Crippen LogP contribution in [0.15, 0.2) is 41.0 Å². The fourth-order valence-electron chi connectivity index (χ4n) is 2.26. The van der Waals surface area contributed by atoms with E-state index in [0.29, 0.717) is 0 Å². The molecule has 0 aliphatic carbocycles. The van der Waals surface area contributed by atoms with Crippen LogP contribution in [-0.2, 0) is 6.54 Å². The van der Waals surface area contributed by atoms with E-state index in [0.717, 1.165) is 27.4 Å². The van der Waals surface area contributed by atoms with Crippen molar-refractivity contribution < 1.29 is 0 Å². The van der Waals surface area contributed by atoms with Crippen molar-refractivity contribution in [2.75, 3.05) is 19.0 Å². The Hall–Kier alpha value is -1.10. The van der Waals surface area contributed by atoms with E-state index >= 15 is 0 Å². The third-order valence-corrected chi connectivity index (χ3v) is 4.23. The van der Waals surface area contributed by atoms with E-state index in [1.807, 2.05) is 25.4 Å². The van der Waals surface area contributed by atoms with Gasteiger partial charge in [-0.1, -0.05) is 23.7 Å². The zero-order valence-corrected chi connectivity index (χ0v) is 14.7. The smallest absolute Gasteiger partial charge is 0.133 e. The molecule has 5 heteroatoms. The maximum atomic E-state index is 5.96. The van der Waals surface area contributed by atoms with E-state index < -0.39 is 0 Å². The first kappa shape index (κ1) is 16.3. The van der Waals surface area contributed by atoms with Crippen LogP contribution < -0.4 is 10.2 Å². The second-order valence-electron chi connectivity index (χ2n) is 5.01. The summed E-state index contributed by atoms with van der Waals surface area (Å²) >= 11 is 9.44. The van der Waals surface area contributed by atoms with Crippen molar-refractivity contribution in [1.29, 1.82) is 0 Å². The van der Waals surface area contributed by atoms with Gasteiger partial charge in [0.25, 0.3) is 0 Å². The minimum Gasteiger partial charge on any atom is -0.353 e. The van der Waals surface area contributed by atoms with Gasteiger partial charge >= 0.3 is 0 Å². The van der Waals surface area contributed by atoms with Gasteiger partial charge in [0.15, 0.2) is 0 Å². The van der Waals surface area contributed by atoms with Crippen LogP contribution in [0.2, 0.25) is 5.02 Å². The first-order chi connectivity index (χ1) is 10.0. The minimum absolute atomic E-state index is 0.214. The first-order valence-electron chi connectivity index (χ1n) is 6.80. The number of benzene rings is 1. The van der Waals surface area contributed by atoms with Crippen LogP contribution in [0.4, 0.5) is 5.82 Å². The average Bonchev–Trinajstić information content (AvgIpc) is 2.47.